The van der Waals surface area contributed by atoms with Gasteiger partial charge in [0.2, 0.25) is 0 Å². The standard InChI is InChI=1S/C13H13F4N3O/c14-8-4-7-6(3-9(8)18)1-2-10(7)20-5-11(13(15,16)17)19-12(20)21/h3-4,10-11H,1-2,5,18H2,(H,19,21)/t10-,11+/m1/s1. The van der Waals surface area contributed by atoms with Crippen LogP contribution in [-0.4, -0.2) is 29.7 Å². The van der Waals surface area contributed by atoms with E-state index in [1.165, 1.54) is 12.1 Å². The normalized spacial score (nSPS) is 25.1. The second-order valence-electron chi connectivity index (χ2n) is 5.32. The zero-order valence-corrected chi connectivity index (χ0v) is 10.9. The van der Waals surface area contributed by atoms with E-state index in [2.05, 4.69) is 0 Å². The third-order valence-corrected chi connectivity index (χ3v) is 4.01. The number of aryl methyl sites for hydroxylation is 1. The van der Waals surface area contributed by atoms with Crippen LogP contribution in [0.1, 0.15) is 23.6 Å². The minimum absolute atomic E-state index is 0.00782. The van der Waals surface area contributed by atoms with Gasteiger partial charge in [-0.1, -0.05) is 0 Å². The highest BCUT2D eigenvalue weighted by atomic mass is 19.4. The van der Waals surface area contributed by atoms with Gasteiger partial charge < -0.3 is 16.0 Å². The van der Waals surface area contributed by atoms with Crippen LogP contribution in [0.3, 0.4) is 0 Å². The van der Waals surface area contributed by atoms with Crippen molar-refractivity contribution in [3.05, 3.63) is 29.1 Å². The molecule has 3 rings (SSSR count). The lowest BCUT2D eigenvalue weighted by Crippen LogP contribution is -2.40. The molecule has 1 fully saturated rings. The smallest absolute Gasteiger partial charge is 0.396 e. The van der Waals surface area contributed by atoms with E-state index in [0.29, 0.717) is 18.4 Å². The minimum atomic E-state index is -4.49. The molecular weight excluding hydrogens is 290 g/mol. The number of anilines is 1. The zero-order valence-electron chi connectivity index (χ0n) is 10.9. The second-order valence-corrected chi connectivity index (χ2v) is 5.32. The van der Waals surface area contributed by atoms with Crippen molar-refractivity contribution in [1.82, 2.24) is 10.2 Å². The lowest BCUT2D eigenvalue weighted by Gasteiger charge is -2.24. The van der Waals surface area contributed by atoms with Crippen molar-refractivity contribution in [2.75, 3.05) is 12.3 Å². The molecule has 1 aliphatic carbocycles. The molecular formula is C13H13F4N3O. The Hall–Kier alpha value is -1.99. The van der Waals surface area contributed by atoms with Crippen LogP contribution >= 0.6 is 0 Å². The summed E-state index contributed by atoms with van der Waals surface area (Å²) in [6, 6.07) is -0.487. The van der Waals surface area contributed by atoms with Gasteiger partial charge in [0.15, 0.2) is 0 Å². The van der Waals surface area contributed by atoms with Crippen LogP contribution < -0.4 is 11.1 Å². The molecule has 3 N–H and O–H groups in total. The fourth-order valence-electron chi connectivity index (χ4n) is 2.96. The fraction of sp³-hybridized carbons (Fsp3) is 0.462. The SMILES string of the molecule is Nc1cc2c(cc1F)[C@H](N1C[C@@H](C(F)(F)F)NC1=O)CC2. The zero-order chi connectivity index (χ0) is 15.4. The first-order chi connectivity index (χ1) is 9.77. The van der Waals surface area contributed by atoms with Crippen LogP contribution in [0.2, 0.25) is 0 Å². The fourth-order valence-corrected chi connectivity index (χ4v) is 2.96. The van der Waals surface area contributed by atoms with Crippen molar-refractivity contribution >= 4 is 11.7 Å². The van der Waals surface area contributed by atoms with Gasteiger partial charge in [-0.3, -0.25) is 0 Å². The highest BCUT2D eigenvalue weighted by Gasteiger charge is 2.49. The summed E-state index contributed by atoms with van der Waals surface area (Å²) in [6.07, 6.45) is -3.46. The Morgan fingerprint density at radius 2 is 2.05 bits per heavy atom. The number of alkyl halides is 3. The van der Waals surface area contributed by atoms with Crippen LogP contribution in [-0.2, 0) is 6.42 Å². The second kappa shape index (κ2) is 4.51. The van der Waals surface area contributed by atoms with E-state index < -0.39 is 36.7 Å². The Kier molecular flexibility index (Phi) is 3.00. The summed E-state index contributed by atoms with van der Waals surface area (Å²) >= 11 is 0. The maximum absolute atomic E-state index is 13.6. The summed E-state index contributed by atoms with van der Waals surface area (Å²) in [6.45, 7) is -0.460. The molecule has 1 aliphatic heterocycles. The van der Waals surface area contributed by atoms with E-state index in [9.17, 15) is 22.4 Å². The van der Waals surface area contributed by atoms with Gasteiger partial charge in [-0.15, -0.1) is 0 Å². The average Bonchev–Trinajstić information content (AvgIpc) is 2.93. The van der Waals surface area contributed by atoms with Crippen LogP contribution in [0.25, 0.3) is 0 Å². The van der Waals surface area contributed by atoms with Gasteiger partial charge in [-0.25, -0.2) is 9.18 Å². The van der Waals surface area contributed by atoms with E-state index in [4.69, 9.17) is 5.73 Å². The number of hydrogen-bond donors (Lipinski definition) is 2. The summed E-state index contributed by atoms with van der Waals surface area (Å²) in [5.74, 6) is -0.618. The number of carbonyl (C=O) groups is 1. The molecule has 1 saturated heterocycles. The maximum atomic E-state index is 13.6. The molecule has 0 saturated carbocycles. The van der Waals surface area contributed by atoms with Gasteiger partial charge in [0, 0.05) is 0 Å². The Morgan fingerprint density at radius 3 is 2.67 bits per heavy atom. The van der Waals surface area contributed by atoms with Crippen molar-refractivity contribution in [3.63, 3.8) is 0 Å². The number of urea groups is 1. The topological polar surface area (TPSA) is 58.4 Å². The Morgan fingerprint density at radius 1 is 1.33 bits per heavy atom. The summed E-state index contributed by atoms with van der Waals surface area (Å²) in [5.41, 5.74) is 6.81. The number of fused-ring (bicyclic) bond motifs is 1. The summed E-state index contributed by atoms with van der Waals surface area (Å²) in [7, 11) is 0. The van der Waals surface area contributed by atoms with Gasteiger partial charge >= 0.3 is 12.2 Å². The Balaban J connectivity index is 1.88. The summed E-state index contributed by atoms with van der Waals surface area (Å²) in [5, 5.41) is 1.92. The molecule has 0 bridgehead atoms. The van der Waals surface area contributed by atoms with Gasteiger partial charge in [-0.2, -0.15) is 13.2 Å². The number of nitrogens with zero attached hydrogens (tertiary/aromatic N) is 1. The number of nitrogen functional groups attached to an aromatic ring is 1. The first kappa shape index (κ1) is 14.0. The number of benzene rings is 1. The number of hydrogen-bond acceptors (Lipinski definition) is 2. The monoisotopic (exact) mass is 303 g/mol. The van der Waals surface area contributed by atoms with E-state index in [-0.39, 0.29) is 5.69 Å². The largest absolute Gasteiger partial charge is 0.410 e. The van der Waals surface area contributed by atoms with Gasteiger partial charge in [0.05, 0.1) is 18.3 Å². The molecule has 1 aromatic rings. The molecule has 0 aromatic heterocycles. The predicted octanol–water partition coefficient (Wildman–Crippen LogP) is 2.35. The highest BCUT2D eigenvalue weighted by Crippen LogP contribution is 2.39. The van der Waals surface area contributed by atoms with Crippen LogP contribution in [0.15, 0.2) is 12.1 Å². The first-order valence-corrected chi connectivity index (χ1v) is 6.49. The number of halogens is 4. The van der Waals surface area contributed by atoms with E-state index >= 15 is 0 Å². The molecule has 8 heteroatoms. The van der Waals surface area contributed by atoms with Crippen molar-refractivity contribution in [3.8, 4) is 0 Å². The molecule has 21 heavy (non-hydrogen) atoms. The minimum Gasteiger partial charge on any atom is -0.396 e. The number of carbonyl (C=O) groups excluding carboxylic acids is 1. The number of nitrogens with two attached hydrogens (primary N) is 1. The van der Waals surface area contributed by atoms with Crippen molar-refractivity contribution in [2.45, 2.75) is 31.1 Å². The Labute approximate surface area is 117 Å². The molecule has 2 atom stereocenters. The Bertz CT molecular complexity index is 602. The molecule has 0 spiro atoms. The molecule has 1 heterocycles. The molecule has 2 amide bonds. The average molecular weight is 303 g/mol. The van der Waals surface area contributed by atoms with E-state index in [1.54, 1.807) is 0 Å². The number of rotatable bonds is 1. The molecule has 0 radical (unpaired) electrons. The van der Waals surface area contributed by atoms with Crippen LogP contribution in [0.5, 0.6) is 0 Å². The van der Waals surface area contributed by atoms with Gasteiger partial charge in [-0.05, 0) is 36.1 Å². The third kappa shape index (κ3) is 2.28. The highest BCUT2D eigenvalue weighted by molar-refractivity contribution is 5.78. The van der Waals surface area contributed by atoms with E-state index in [1.807, 2.05) is 5.32 Å². The lowest BCUT2D eigenvalue weighted by molar-refractivity contribution is -0.150. The van der Waals surface area contributed by atoms with Gasteiger partial charge in [0.25, 0.3) is 0 Å². The van der Waals surface area contributed by atoms with Crippen LogP contribution in [0.4, 0.5) is 28.0 Å². The quantitative estimate of drug-likeness (QED) is 0.618. The lowest BCUT2D eigenvalue weighted by atomic mass is 10.1. The molecule has 114 valence electrons. The van der Waals surface area contributed by atoms with Crippen LogP contribution in [0, 0.1) is 5.82 Å². The summed E-state index contributed by atoms with van der Waals surface area (Å²) < 4.78 is 51.6. The van der Waals surface area contributed by atoms with Crippen molar-refractivity contribution < 1.29 is 22.4 Å². The first-order valence-electron chi connectivity index (χ1n) is 6.49. The van der Waals surface area contributed by atoms with Crippen molar-refractivity contribution in [1.29, 1.82) is 0 Å². The molecule has 0 unspecified atom stereocenters. The van der Waals surface area contributed by atoms with Crippen molar-refractivity contribution in [2.24, 2.45) is 0 Å². The number of amides is 2. The van der Waals surface area contributed by atoms with E-state index in [0.717, 1.165) is 10.5 Å². The number of nitrogens with one attached hydrogen (secondary N) is 1. The maximum Gasteiger partial charge on any atom is 0.410 e. The molecule has 2 aliphatic rings. The summed E-state index contributed by atoms with van der Waals surface area (Å²) in [4.78, 5) is 12.9. The third-order valence-electron chi connectivity index (χ3n) is 4.01. The molecule has 1 aromatic carbocycles. The molecule has 4 nitrogen and oxygen atoms in total. The van der Waals surface area contributed by atoms with Gasteiger partial charge in [0.1, 0.15) is 11.9 Å². The predicted molar refractivity (Wildman–Crippen MR) is 67.0 cm³/mol.